The number of hydrogen-bond acceptors (Lipinski definition) is 5. The number of carboxylic acids is 1. The summed E-state index contributed by atoms with van der Waals surface area (Å²) in [4.78, 5) is 38.7. The molecule has 1 aromatic rings. The summed E-state index contributed by atoms with van der Waals surface area (Å²) in [5.41, 5.74) is 0.622. The van der Waals surface area contributed by atoms with Gasteiger partial charge in [-0.05, 0) is 31.5 Å². The Balaban J connectivity index is 0.00000364. The maximum absolute atomic E-state index is 12.0. The van der Waals surface area contributed by atoms with Crippen molar-refractivity contribution >= 4 is 36.0 Å². The maximum Gasteiger partial charge on any atom is 0.325 e. The van der Waals surface area contributed by atoms with E-state index < -0.39 is 12.0 Å². The van der Waals surface area contributed by atoms with E-state index in [9.17, 15) is 14.4 Å². The topological polar surface area (TPSA) is 102 Å². The number of nitrogens with zero attached hydrogens (tertiary/aromatic N) is 2. The molecule has 2 rings (SSSR count). The molecule has 0 aromatic heterocycles. The summed E-state index contributed by atoms with van der Waals surface area (Å²) in [6, 6.07) is 8.59. The molecule has 0 aliphatic carbocycles. The highest BCUT2D eigenvalue weighted by molar-refractivity contribution is 6.01. The maximum atomic E-state index is 12.0. The van der Waals surface area contributed by atoms with Crippen LogP contribution in [-0.4, -0.2) is 71.6 Å². The van der Waals surface area contributed by atoms with E-state index in [1.807, 2.05) is 22.8 Å². The van der Waals surface area contributed by atoms with Crippen LogP contribution in [0.3, 0.4) is 0 Å². The molecule has 0 unspecified atom stereocenters. The third kappa shape index (κ3) is 7.94. The number of urea groups is 1. The first-order chi connectivity index (χ1) is 12.5. The zero-order valence-electron chi connectivity index (χ0n) is 15.4. The monoisotopic (exact) mass is 398 g/mol. The standard InChI is InChI=1S/C18H26N4O4.ClH/c1-2-22(13-17(24)25)15-8-10-21(11-9-15)12-16(23)20-18(26)19-14-6-4-3-5-7-14;/h3-7,15H,2,8-13H2,1H3,(H,24,25)(H2,19,20,23,26);1H. The summed E-state index contributed by atoms with van der Waals surface area (Å²) in [5.74, 6) is -1.17. The number of amides is 3. The van der Waals surface area contributed by atoms with Crippen LogP contribution in [0.4, 0.5) is 10.5 Å². The molecule has 1 aliphatic heterocycles. The molecule has 27 heavy (non-hydrogen) atoms. The van der Waals surface area contributed by atoms with E-state index in [1.54, 1.807) is 24.3 Å². The molecule has 0 radical (unpaired) electrons. The Hall–Kier alpha value is -2.16. The van der Waals surface area contributed by atoms with Crippen molar-refractivity contribution in [3.05, 3.63) is 30.3 Å². The average molecular weight is 399 g/mol. The second-order valence-corrected chi connectivity index (χ2v) is 6.33. The zero-order valence-corrected chi connectivity index (χ0v) is 16.2. The first-order valence-electron chi connectivity index (χ1n) is 8.82. The minimum Gasteiger partial charge on any atom is -0.480 e. The number of hydrogen-bond donors (Lipinski definition) is 3. The fraction of sp³-hybridized carbons (Fsp3) is 0.500. The Morgan fingerprint density at radius 1 is 1.19 bits per heavy atom. The number of anilines is 1. The van der Waals surface area contributed by atoms with Gasteiger partial charge in [0.15, 0.2) is 0 Å². The molecule has 0 saturated carbocycles. The highest BCUT2D eigenvalue weighted by Crippen LogP contribution is 2.16. The van der Waals surface area contributed by atoms with Crippen LogP contribution in [0, 0.1) is 0 Å². The number of nitrogens with one attached hydrogen (secondary N) is 2. The van der Waals surface area contributed by atoms with Crippen LogP contribution in [-0.2, 0) is 9.59 Å². The molecular formula is C18H27ClN4O4. The van der Waals surface area contributed by atoms with Gasteiger partial charge >= 0.3 is 12.0 Å². The number of imide groups is 1. The summed E-state index contributed by atoms with van der Waals surface area (Å²) >= 11 is 0. The molecule has 0 bridgehead atoms. The Bertz CT molecular complexity index is 621. The second kappa shape index (κ2) is 11.5. The lowest BCUT2D eigenvalue weighted by molar-refractivity contribution is -0.139. The minimum absolute atomic E-state index is 0. The van der Waals surface area contributed by atoms with Gasteiger partial charge in [-0.2, -0.15) is 0 Å². The molecule has 9 heteroatoms. The molecule has 1 aromatic carbocycles. The molecule has 0 atom stereocenters. The lowest BCUT2D eigenvalue weighted by Gasteiger charge is -2.37. The lowest BCUT2D eigenvalue weighted by atomic mass is 10.0. The van der Waals surface area contributed by atoms with Crippen LogP contribution in [0.2, 0.25) is 0 Å². The Morgan fingerprint density at radius 2 is 1.81 bits per heavy atom. The number of benzene rings is 1. The Labute approximate surface area is 165 Å². The van der Waals surface area contributed by atoms with Gasteiger partial charge in [-0.15, -0.1) is 12.4 Å². The van der Waals surface area contributed by atoms with Gasteiger partial charge in [0.1, 0.15) is 0 Å². The van der Waals surface area contributed by atoms with Crippen LogP contribution in [0.15, 0.2) is 30.3 Å². The SMILES string of the molecule is CCN(CC(=O)O)C1CCN(CC(=O)NC(=O)Nc2ccccc2)CC1.Cl. The largest absolute Gasteiger partial charge is 0.480 e. The van der Waals surface area contributed by atoms with Gasteiger partial charge in [0.25, 0.3) is 0 Å². The summed E-state index contributed by atoms with van der Waals surface area (Å²) < 4.78 is 0. The number of para-hydroxylation sites is 1. The number of carbonyl (C=O) groups excluding carboxylic acids is 2. The Morgan fingerprint density at radius 3 is 2.37 bits per heavy atom. The molecule has 8 nitrogen and oxygen atoms in total. The third-order valence-electron chi connectivity index (χ3n) is 4.47. The molecule has 3 N–H and O–H groups in total. The van der Waals surface area contributed by atoms with Crippen molar-refractivity contribution < 1.29 is 19.5 Å². The number of piperidine rings is 1. The summed E-state index contributed by atoms with van der Waals surface area (Å²) in [6.45, 7) is 4.25. The van der Waals surface area contributed by atoms with Crippen molar-refractivity contribution in [2.45, 2.75) is 25.8 Å². The van der Waals surface area contributed by atoms with E-state index in [2.05, 4.69) is 10.6 Å². The van der Waals surface area contributed by atoms with Crippen molar-refractivity contribution in [2.75, 3.05) is 38.0 Å². The molecule has 1 saturated heterocycles. The van der Waals surface area contributed by atoms with Gasteiger partial charge in [0.05, 0.1) is 13.1 Å². The lowest BCUT2D eigenvalue weighted by Crippen LogP contribution is -2.49. The fourth-order valence-electron chi connectivity index (χ4n) is 3.17. The number of halogens is 1. The molecule has 3 amide bonds. The van der Waals surface area contributed by atoms with Gasteiger partial charge in [-0.1, -0.05) is 25.1 Å². The van der Waals surface area contributed by atoms with Crippen LogP contribution in [0.5, 0.6) is 0 Å². The highest BCUT2D eigenvalue weighted by atomic mass is 35.5. The summed E-state index contributed by atoms with van der Waals surface area (Å²) in [7, 11) is 0. The van der Waals surface area contributed by atoms with Gasteiger partial charge in [-0.25, -0.2) is 4.79 Å². The van der Waals surface area contributed by atoms with E-state index in [0.717, 1.165) is 12.8 Å². The third-order valence-corrected chi connectivity index (χ3v) is 4.47. The van der Waals surface area contributed by atoms with E-state index in [-0.39, 0.29) is 37.4 Å². The number of likely N-dealkylation sites (N-methyl/N-ethyl adjacent to an activating group) is 1. The zero-order chi connectivity index (χ0) is 18.9. The van der Waals surface area contributed by atoms with Crippen LogP contribution >= 0.6 is 12.4 Å². The predicted molar refractivity (Wildman–Crippen MR) is 105 cm³/mol. The van der Waals surface area contributed by atoms with Crippen molar-refractivity contribution in [3.8, 4) is 0 Å². The van der Waals surface area contributed by atoms with E-state index in [0.29, 0.717) is 25.3 Å². The predicted octanol–water partition coefficient (Wildman–Crippen LogP) is 1.63. The van der Waals surface area contributed by atoms with Crippen LogP contribution in [0.1, 0.15) is 19.8 Å². The molecular weight excluding hydrogens is 372 g/mol. The number of carbonyl (C=O) groups is 3. The highest BCUT2D eigenvalue weighted by Gasteiger charge is 2.26. The number of carboxylic acid groups (broad SMARTS) is 1. The molecule has 1 heterocycles. The molecule has 0 spiro atoms. The quantitative estimate of drug-likeness (QED) is 0.645. The first-order valence-corrected chi connectivity index (χ1v) is 8.82. The number of likely N-dealkylation sites (tertiary alicyclic amines) is 1. The van der Waals surface area contributed by atoms with Gasteiger partial charge in [-0.3, -0.25) is 24.7 Å². The first kappa shape index (κ1) is 22.9. The smallest absolute Gasteiger partial charge is 0.325 e. The van der Waals surface area contributed by atoms with Crippen molar-refractivity contribution in [1.29, 1.82) is 0 Å². The van der Waals surface area contributed by atoms with Crippen LogP contribution in [0.25, 0.3) is 0 Å². The van der Waals surface area contributed by atoms with Crippen molar-refractivity contribution in [2.24, 2.45) is 0 Å². The summed E-state index contributed by atoms with van der Waals surface area (Å²) in [6.07, 6.45) is 1.62. The van der Waals surface area contributed by atoms with Gasteiger partial charge < -0.3 is 10.4 Å². The van der Waals surface area contributed by atoms with Crippen molar-refractivity contribution in [3.63, 3.8) is 0 Å². The van der Waals surface area contributed by atoms with Gasteiger partial charge in [0.2, 0.25) is 5.91 Å². The van der Waals surface area contributed by atoms with E-state index in [4.69, 9.17) is 5.11 Å². The van der Waals surface area contributed by atoms with Crippen molar-refractivity contribution in [1.82, 2.24) is 15.1 Å². The molecule has 1 aliphatic rings. The van der Waals surface area contributed by atoms with E-state index >= 15 is 0 Å². The average Bonchev–Trinajstić information content (AvgIpc) is 2.61. The number of aliphatic carboxylic acids is 1. The summed E-state index contributed by atoms with van der Waals surface area (Å²) in [5, 5.41) is 13.9. The Kier molecular flexibility index (Phi) is 9.77. The molecule has 1 fully saturated rings. The van der Waals surface area contributed by atoms with Crippen LogP contribution < -0.4 is 10.6 Å². The minimum atomic E-state index is -0.821. The van der Waals surface area contributed by atoms with E-state index in [1.165, 1.54) is 0 Å². The fourth-order valence-corrected chi connectivity index (χ4v) is 3.17. The normalized spacial score (nSPS) is 15.0. The second-order valence-electron chi connectivity index (χ2n) is 6.33. The number of rotatable bonds is 7. The molecule has 150 valence electrons. The van der Waals surface area contributed by atoms with Gasteiger partial charge in [0, 0.05) is 24.8 Å².